The van der Waals surface area contributed by atoms with Gasteiger partial charge in [0.2, 0.25) is 0 Å². The Kier molecular flexibility index (Phi) is 2.19. The molecule has 2 rings (SSSR count). The van der Waals surface area contributed by atoms with Gasteiger partial charge < -0.3 is 4.74 Å². The van der Waals surface area contributed by atoms with Gasteiger partial charge in [0, 0.05) is 11.6 Å². The van der Waals surface area contributed by atoms with E-state index in [1.54, 1.807) is 13.0 Å². The van der Waals surface area contributed by atoms with Crippen molar-refractivity contribution in [3.63, 3.8) is 0 Å². The SMILES string of the molecule is COC(=O)c1cc(C2CC2)nc(C)n1. The molecule has 74 valence electrons. The Morgan fingerprint density at radius 2 is 2.21 bits per heavy atom. The summed E-state index contributed by atoms with van der Waals surface area (Å²) >= 11 is 0. The number of hydrogen-bond donors (Lipinski definition) is 0. The predicted octanol–water partition coefficient (Wildman–Crippen LogP) is 1.45. The standard InChI is InChI=1S/C10H12N2O2/c1-6-11-8(7-3-4-7)5-9(12-6)10(13)14-2/h5,7H,3-4H2,1-2H3. The van der Waals surface area contributed by atoms with Crippen molar-refractivity contribution < 1.29 is 9.53 Å². The number of nitrogens with zero attached hydrogens (tertiary/aromatic N) is 2. The third kappa shape index (κ3) is 1.73. The normalized spacial score (nSPS) is 15.3. The largest absolute Gasteiger partial charge is 0.464 e. The van der Waals surface area contributed by atoms with Gasteiger partial charge in [0.15, 0.2) is 5.69 Å². The Balaban J connectivity index is 2.35. The first-order chi connectivity index (χ1) is 6.70. The summed E-state index contributed by atoms with van der Waals surface area (Å²) in [5.74, 6) is 0.771. The second kappa shape index (κ2) is 3.36. The highest BCUT2D eigenvalue weighted by Gasteiger charge is 2.26. The van der Waals surface area contributed by atoms with Gasteiger partial charge in [-0.3, -0.25) is 0 Å². The van der Waals surface area contributed by atoms with Crippen molar-refractivity contribution in [3.05, 3.63) is 23.3 Å². The molecule has 0 aromatic carbocycles. The molecule has 4 heteroatoms. The van der Waals surface area contributed by atoms with Gasteiger partial charge in [-0.25, -0.2) is 14.8 Å². The zero-order chi connectivity index (χ0) is 10.1. The van der Waals surface area contributed by atoms with Crippen LogP contribution in [0.3, 0.4) is 0 Å². The van der Waals surface area contributed by atoms with E-state index in [2.05, 4.69) is 14.7 Å². The summed E-state index contributed by atoms with van der Waals surface area (Å²) in [7, 11) is 1.36. The number of rotatable bonds is 2. The zero-order valence-electron chi connectivity index (χ0n) is 8.28. The van der Waals surface area contributed by atoms with E-state index in [9.17, 15) is 4.79 Å². The molecule has 0 amide bonds. The lowest BCUT2D eigenvalue weighted by Crippen LogP contribution is -2.07. The fourth-order valence-corrected chi connectivity index (χ4v) is 1.39. The van der Waals surface area contributed by atoms with Crippen molar-refractivity contribution in [1.82, 2.24) is 9.97 Å². The van der Waals surface area contributed by atoms with Crippen molar-refractivity contribution in [2.75, 3.05) is 7.11 Å². The van der Waals surface area contributed by atoms with E-state index in [1.165, 1.54) is 7.11 Å². The van der Waals surface area contributed by atoms with Gasteiger partial charge in [-0.1, -0.05) is 0 Å². The third-order valence-electron chi connectivity index (χ3n) is 2.25. The van der Waals surface area contributed by atoms with Crippen molar-refractivity contribution in [1.29, 1.82) is 0 Å². The van der Waals surface area contributed by atoms with E-state index in [0.717, 1.165) is 18.5 Å². The van der Waals surface area contributed by atoms with E-state index in [1.807, 2.05) is 0 Å². The van der Waals surface area contributed by atoms with E-state index >= 15 is 0 Å². The number of hydrogen-bond acceptors (Lipinski definition) is 4. The molecule has 0 saturated heterocycles. The van der Waals surface area contributed by atoms with Gasteiger partial charge in [-0.2, -0.15) is 0 Å². The van der Waals surface area contributed by atoms with Gasteiger partial charge in [0.1, 0.15) is 5.82 Å². The molecular formula is C10H12N2O2. The predicted molar refractivity (Wildman–Crippen MR) is 50.1 cm³/mol. The van der Waals surface area contributed by atoms with Gasteiger partial charge >= 0.3 is 5.97 Å². The van der Waals surface area contributed by atoms with E-state index in [-0.39, 0.29) is 0 Å². The van der Waals surface area contributed by atoms with E-state index in [0.29, 0.717) is 17.4 Å². The minimum Gasteiger partial charge on any atom is -0.464 e. The lowest BCUT2D eigenvalue weighted by molar-refractivity contribution is 0.0593. The smallest absolute Gasteiger partial charge is 0.356 e. The first kappa shape index (κ1) is 9.12. The average Bonchev–Trinajstić information content (AvgIpc) is 2.98. The molecule has 1 aromatic rings. The molecule has 1 heterocycles. The molecule has 14 heavy (non-hydrogen) atoms. The maximum Gasteiger partial charge on any atom is 0.356 e. The first-order valence-electron chi connectivity index (χ1n) is 4.64. The minimum atomic E-state index is -0.391. The highest BCUT2D eigenvalue weighted by molar-refractivity contribution is 5.87. The van der Waals surface area contributed by atoms with Crippen LogP contribution >= 0.6 is 0 Å². The molecule has 0 bridgehead atoms. The molecule has 1 aliphatic rings. The molecule has 0 N–H and O–H groups in total. The molecule has 1 aromatic heterocycles. The zero-order valence-corrected chi connectivity index (χ0v) is 8.28. The highest BCUT2D eigenvalue weighted by Crippen LogP contribution is 2.39. The molecule has 0 radical (unpaired) electrons. The van der Waals surface area contributed by atoms with Crippen LogP contribution in [0.1, 0.15) is 40.8 Å². The number of carbonyl (C=O) groups excluding carboxylic acids is 1. The molecular weight excluding hydrogens is 180 g/mol. The van der Waals surface area contributed by atoms with Gasteiger partial charge in [0.05, 0.1) is 7.11 Å². The molecule has 0 spiro atoms. The van der Waals surface area contributed by atoms with Crippen LogP contribution in [-0.2, 0) is 4.74 Å². The maximum atomic E-state index is 11.2. The summed E-state index contributed by atoms with van der Waals surface area (Å²) in [6, 6.07) is 1.73. The summed E-state index contributed by atoms with van der Waals surface area (Å²) in [5.41, 5.74) is 1.33. The minimum absolute atomic E-state index is 0.363. The molecule has 1 fully saturated rings. The van der Waals surface area contributed by atoms with Crippen LogP contribution in [0, 0.1) is 6.92 Å². The van der Waals surface area contributed by atoms with Gasteiger partial charge in [-0.15, -0.1) is 0 Å². The van der Waals surface area contributed by atoms with Gasteiger partial charge in [0.25, 0.3) is 0 Å². The Bertz CT molecular complexity index is 372. The van der Waals surface area contributed by atoms with Crippen LogP contribution in [0.5, 0.6) is 0 Å². The third-order valence-corrected chi connectivity index (χ3v) is 2.25. The molecule has 0 unspecified atom stereocenters. The van der Waals surface area contributed by atoms with Gasteiger partial charge in [-0.05, 0) is 25.8 Å². The summed E-state index contributed by atoms with van der Waals surface area (Å²) in [6.07, 6.45) is 2.33. The quantitative estimate of drug-likeness (QED) is 0.665. The Labute approximate surface area is 82.3 Å². The molecule has 1 aliphatic carbocycles. The van der Waals surface area contributed by atoms with Crippen molar-refractivity contribution in [2.45, 2.75) is 25.7 Å². The second-order valence-corrected chi connectivity index (χ2v) is 3.49. The number of esters is 1. The Morgan fingerprint density at radius 3 is 2.79 bits per heavy atom. The topological polar surface area (TPSA) is 52.1 Å². The lowest BCUT2D eigenvalue weighted by Gasteiger charge is -2.02. The second-order valence-electron chi connectivity index (χ2n) is 3.49. The van der Waals surface area contributed by atoms with Crippen molar-refractivity contribution >= 4 is 5.97 Å². The van der Waals surface area contributed by atoms with Crippen LogP contribution in [0.25, 0.3) is 0 Å². The van der Waals surface area contributed by atoms with E-state index in [4.69, 9.17) is 0 Å². The number of aromatic nitrogens is 2. The molecule has 1 saturated carbocycles. The summed E-state index contributed by atoms with van der Waals surface area (Å²) in [4.78, 5) is 19.6. The van der Waals surface area contributed by atoms with Crippen LogP contribution in [0.15, 0.2) is 6.07 Å². The maximum absolute atomic E-state index is 11.2. The van der Waals surface area contributed by atoms with Crippen LogP contribution in [0.4, 0.5) is 0 Å². The number of aryl methyl sites for hydroxylation is 1. The Morgan fingerprint density at radius 1 is 1.50 bits per heavy atom. The van der Waals surface area contributed by atoms with Crippen LogP contribution in [-0.4, -0.2) is 23.0 Å². The fourth-order valence-electron chi connectivity index (χ4n) is 1.39. The number of methoxy groups -OCH3 is 1. The van der Waals surface area contributed by atoms with Crippen molar-refractivity contribution in [2.24, 2.45) is 0 Å². The summed E-state index contributed by atoms with van der Waals surface area (Å²) < 4.78 is 4.62. The number of carbonyl (C=O) groups is 1. The molecule has 4 nitrogen and oxygen atoms in total. The Hall–Kier alpha value is -1.45. The average molecular weight is 192 g/mol. The monoisotopic (exact) mass is 192 g/mol. The first-order valence-corrected chi connectivity index (χ1v) is 4.64. The summed E-state index contributed by atoms with van der Waals surface area (Å²) in [5, 5.41) is 0. The molecule has 0 aliphatic heterocycles. The van der Waals surface area contributed by atoms with Crippen molar-refractivity contribution in [3.8, 4) is 0 Å². The van der Waals surface area contributed by atoms with Crippen LogP contribution in [0.2, 0.25) is 0 Å². The van der Waals surface area contributed by atoms with E-state index < -0.39 is 5.97 Å². The fraction of sp³-hybridized carbons (Fsp3) is 0.500. The summed E-state index contributed by atoms with van der Waals surface area (Å²) in [6.45, 7) is 1.79. The molecule has 0 atom stereocenters. The van der Waals surface area contributed by atoms with Crippen LogP contribution < -0.4 is 0 Å². The number of ether oxygens (including phenoxy) is 1. The lowest BCUT2D eigenvalue weighted by atomic mass is 10.2. The highest BCUT2D eigenvalue weighted by atomic mass is 16.5.